The van der Waals surface area contributed by atoms with Crippen molar-refractivity contribution in [2.45, 2.75) is 18.6 Å². The lowest BCUT2D eigenvalue weighted by atomic mass is 10.2. The highest BCUT2D eigenvalue weighted by Gasteiger charge is 2.37. The van der Waals surface area contributed by atoms with Gasteiger partial charge in [0.2, 0.25) is 5.91 Å². The molecule has 1 fully saturated rings. The van der Waals surface area contributed by atoms with E-state index in [1.54, 1.807) is 17.0 Å². The maximum absolute atomic E-state index is 12.0. The number of aliphatic hydroxyl groups excluding tert-OH is 1. The molecule has 2 rings (SSSR count). The third-order valence-corrected chi connectivity index (χ3v) is 3.80. The number of likely N-dealkylation sites (tertiary alicyclic amines) is 1. The highest BCUT2D eigenvalue weighted by atomic mass is 79.9. The number of hydrogen-bond donors (Lipinski definition) is 2. The van der Waals surface area contributed by atoms with Gasteiger partial charge in [0.15, 0.2) is 0 Å². The van der Waals surface area contributed by atoms with Gasteiger partial charge in [-0.25, -0.2) is 0 Å². The zero-order chi connectivity index (χ0) is 15.4. The summed E-state index contributed by atoms with van der Waals surface area (Å²) >= 11 is 3.33. The van der Waals surface area contributed by atoms with Gasteiger partial charge in [0.05, 0.1) is 19.8 Å². The minimum Gasteiger partial charge on any atom is -0.468 e. The van der Waals surface area contributed by atoms with Crippen LogP contribution in [0.5, 0.6) is 0 Å². The van der Waals surface area contributed by atoms with Crippen molar-refractivity contribution < 1.29 is 19.4 Å². The molecule has 1 heterocycles. The molecular weight excluding hydrogens is 340 g/mol. The molecule has 0 aromatic heterocycles. The fraction of sp³-hybridized carbons (Fsp3) is 0.429. The Balaban J connectivity index is 1.96. The largest absolute Gasteiger partial charge is 0.468 e. The van der Waals surface area contributed by atoms with Gasteiger partial charge in [-0.3, -0.25) is 14.5 Å². The van der Waals surface area contributed by atoms with Crippen LogP contribution >= 0.6 is 15.9 Å². The Labute approximate surface area is 131 Å². The van der Waals surface area contributed by atoms with E-state index in [1.165, 1.54) is 7.11 Å². The number of benzene rings is 1. The smallest absolute Gasteiger partial charge is 0.323 e. The van der Waals surface area contributed by atoms with Crippen molar-refractivity contribution in [1.29, 1.82) is 0 Å². The minimum absolute atomic E-state index is 0.0311. The fourth-order valence-electron chi connectivity index (χ4n) is 2.39. The number of ether oxygens (including phenoxy) is 1. The molecule has 2 unspecified atom stereocenters. The summed E-state index contributed by atoms with van der Waals surface area (Å²) in [7, 11) is 1.30. The highest BCUT2D eigenvalue weighted by Crippen LogP contribution is 2.19. The Hall–Kier alpha value is -1.44. The van der Waals surface area contributed by atoms with Gasteiger partial charge < -0.3 is 15.2 Å². The number of rotatable bonds is 4. The van der Waals surface area contributed by atoms with E-state index < -0.39 is 18.1 Å². The summed E-state index contributed by atoms with van der Waals surface area (Å²) in [5.74, 6) is -0.669. The van der Waals surface area contributed by atoms with E-state index in [2.05, 4.69) is 21.2 Å². The number of methoxy groups -OCH3 is 1. The van der Waals surface area contributed by atoms with Crippen LogP contribution in [-0.4, -0.2) is 54.2 Å². The zero-order valence-corrected chi connectivity index (χ0v) is 13.2. The van der Waals surface area contributed by atoms with Gasteiger partial charge in [0, 0.05) is 23.1 Å². The Morgan fingerprint density at radius 2 is 2.29 bits per heavy atom. The van der Waals surface area contributed by atoms with Crippen LogP contribution in [0.3, 0.4) is 0 Å². The summed E-state index contributed by atoms with van der Waals surface area (Å²) in [6, 6.07) is 6.67. The molecule has 1 aliphatic heterocycles. The number of β-amino-alcohol motifs (C(OH)–C–C–N with tert-alkyl or cyclic N) is 1. The Morgan fingerprint density at radius 1 is 1.52 bits per heavy atom. The van der Waals surface area contributed by atoms with E-state index in [1.807, 2.05) is 12.1 Å². The predicted octanol–water partition coefficient (Wildman–Crippen LogP) is 0.996. The number of esters is 1. The molecule has 0 spiro atoms. The zero-order valence-electron chi connectivity index (χ0n) is 11.6. The van der Waals surface area contributed by atoms with Crippen molar-refractivity contribution in [3.63, 3.8) is 0 Å². The lowest BCUT2D eigenvalue weighted by Crippen LogP contribution is -2.41. The van der Waals surface area contributed by atoms with E-state index in [9.17, 15) is 14.7 Å². The molecule has 0 aliphatic carbocycles. The van der Waals surface area contributed by atoms with Gasteiger partial charge in [-0.05, 0) is 18.2 Å². The highest BCUT2D eigenvalue weighted by molar-refractivity contribution is 9.10. The molecule has 114 valence electrons. The van der Waals surface area contributed by atoms with Crippen LogP contribution in [0.1, 0.15) is 6.42 Å². The summed E-state index contributed by atoms with van der Waals surface area (Å²) in [6.45, 7) is 0.314. The lowest BCUT2D eigenvalue weighted by molar-refractivity contribution is -0.146. The second kappa shape index (κ2) is 7.02. The number of carbonyl (C=O) groups is 2. The lowest BCUT2D eigenvalue weighted by Gasteiger charge is -2.21. The normalized spacial score (nSPS) is 22.0. The van der Waals surface area contributed by atoms with E-state index >= 15 is 0 Å². The number of anilines is 1. The van der Waals surface area contributed by atoms with Crippen LogP contribution in [0.4, 0.5) is 5.69 Å². The Bertz CT molecular complexity index is 537. The first-order valence-electron chi connectivity index (χ1n) is 6.55. The molecule has 1 aromatic rings. The average molecular weight is 357 g/mol. The maximum Gasteiger partial charge on any atom is 0.323 e. The Morgan fingerprint density at radius 3 is 2.95 bits per heavy atom. The van der Waals surface area contributed by atoms with Crippen LogP contribution in [0.2, 0.25) is 0 Å². The molecule has 7 heteroatoms. The van der Waals surface area contributed by atoms with E-state index in [-0.39, 0.29) is 25.4 Å². The first-order chi connectivity index (χ1) is 9.99. The Kier molecular flexibility index (Phi) is 5.33. The summed E-state index contributed by atoms with van der Waals surface area (Å²) < 4.78 is 5.56. The van der Waals surface area contributed by atoms with E-state index in [4.69, 9.17) is 4.74 Å². The number of halogens is 1. The van der Waals surface area contributed by atoms with Gasteiger partial charge >= 0.3 is 5.97 Å². The molecular formula is C14H17BrN2O4. The first-order valence-corrected chi connectivity index (χ1v) is 7.34. The van der Waals surface area contributed by atoms with Crippen molar-refractivity contribution in [2.75, 3.05) is 25.5 Å². The molecule has 0 saturated carbocycles. The summed E-state index contributed by atoms with van der Waals surface area (Å²) in [5, 5.41) is 12.4. The quantitative estimate of drug-likeness (QED) is 0.786. The molecule has 21 heavy (non-hydrogen) atoms. The first kappa shape index (κ1) is 15.9. The van der Waals surface area contributed by atoms with E-state index in [0.29, 0.717) is 5.69 Å². The van der Waals surface area contributed by atoms with Crippen LogP contribution < -0.4 is 5.32 Å². The number of carbonyl (C=O) groups excluding carboxylic acids is 2. The van der Waals surface area contributed by atoms with Gasteiger partial charge in [0.1, 0.15) is 6.04 Å². The van der Waals surface area contributed by atoms with Crippen LogP contribution in [0.15, 0.2) is 28.7 Å². The summed E-state index contributed by atoms with van der Waals surface area (Å²) in [6.07, 6.45) is -0.329. The molecule has 1 saturated heterocycles. The molecule has 6 nitrogen and oxygen atoms in total. The van der Waals surface area contributed by atoms with Crippen LogP contribution in [0, 0.1) is 0 Å². The molecule has 1 aliphatic rings. The number of nitrogens with one attached hydrogen (secondary N) is 1. The standard InChI is InChI=1S/C14H17BrN2O4/c1-21-14(20)12-6-11(18)7-17(12)8-13(19)16-10-4-2-3-9(15)5-10/h2-5,11-12,18H,6-8H2,1H3,(H,16,19). The van der Waals surface area contributed by atoms with Gasteiger partial charge in [0.25, 0.3) is 0 Å². The molecule has 0 radical (unpaired) electrons. The van der Waals surface area contributed by atoms with Gasteiger partial charge in [-0.15, -0.1) is 0 Å². The molecule has 1 amide bonds. The molecule has 0 bridgehead atoms. The number of hydrogen-bond acceptors (Lipinski definition) is 5. The van der Waals surface area contributed by atoms with Crippen molar-refractivity contribution in [1.82, 2.24) is 4.90 Å². The SMILES string of the molecule is COC(=O)C1CC(O)CN1CC(=O)Nc1cccc(Br)c1. The van der Waals surface area contributed by atoms with Crippen LogP contribution in [-0.2, 0) is 14.3 Å². The van der Waals surface area contributed by atoms with Gasteiger partial charge in [-0.2, -0.15) is 0 Å². The third kappa shape index (κ3) is 4.26. The van der Waals surface area contributed by atoms with Crippen molar-refractivity contribution >= 4 is 33.5 Å². The van der Waals surface area contributed by atoms with E-state index in [0.717, 1.165) is 4.47 Å². The summed E-state index contributed by atoms with van der Waals surface area (Å²) in [5.41, 5.74) is 0.670. The maximum atomic E-state index is 12.0. The predicted molar refractivity (Wildman–Crippen MR) is 80.8 cm³/mol. The second-order valence-corrected chi connectivity index (χ2v) is 5.83. The monoisotopic (exact) mass is 356 g/mol. The average Bonchev–Trinajstić information content (AvgIpc) is 2.78. The summed E-state index contributed by atoms with van der Waals surface area (Å²) in [4.78, 5) is 25.3. The van der Waals surface area contributed by atoms with Crippen LogP contribution in [0.25, 0.3) is 0 Å². The molecule has 2 atom stereocenters. The van der Waals surface area contributed by atoms with Gasteiger partial charge in [-0.1, -0.05) is 22.0 Å². The second-order valence-electron chi connectivity index (χ2n) is 4.92. The van der Waals surface area contributed by atoms with Crippen molar-refractivity contribution in [3.05, 3.63) is 28.7 Å². The third-order valence-electron chi connectivity index (χ3n) is 3.31. The number of aliphatic hydroxyl groups is 1. The fourth-order valence-corrected chi connectivity index (χ4v) is 2.79. The van der Waals surface area contributed by atoms with Crippen molar-refractivity contribution in [2.24, 2.45) is 0 Å². The number of amides is 1. The molecule has 1 aromatic carbocycles. The van der Waals surface area contributed by atoms with Crippen molar-refractivity contribution in [3.8, 4) is 0 Å². The number of nitrogens with zero attached hydrogens (tertiary/aromatic N) is 1. The molecule has 2 N–H and O–H groups in total. The topological polar surface area (TPSA) is 78.9 Å². The minimum atomic E-state index is -0.618.